The van der Waals surface area contributed by atoms with Gasteiger partial charge in [-0.2, -0.15) is 5.26 Å². The summed E-state index contributed by atoms with van der Waals surface area (Å²) in [6, 6.07) is 6.87. The van der Waals surface area contributed by atoms with Gasteiger partial charge in [-0.3, -0.25) is 4.79 Å². The molecular formula is C16H13N5O3. The monoisotopic (exact) mass is 323 g/mol. The fourth-order valence-corrected chi connectivity index (χ4v) is 2.47. The molecule has 0 fully saturated rings. The largest absolute Gasteiger partial charge is 0.464 e. The number of nitrogen functional groups attached to an aromatic ring is 1. The molecule has 3 aromatic rings. The topological polar surface area (TPSA) is 116 Å². The molecule has 0 radical (unpaired) electrons. The van der Waals surface area contributed by atoms with Crippen molar-refractivity contribution in [2.45, 2.75) is 0 Å². The van der Waals surface area contributed by atoms with Crippen LogP contribution in [-0.2, 0) is 11.8 Å². The van der Waals surface area contributed by atoms with E-state index in [1.165, 1.54) is 28.8 Å². The van der Waals surface area contributed by atoms with Crippen molar-refractivity contribution in [3.8, 4) is 11.8 Å². The first kappa shape index (κ1) is 15.3. The summed E-state index contributed by atoms with van der Waals surface area (Å²) in [5, 5.41) is 9.54. The SMILES string of the molecule is COC(=O)c1c(N)c(C#N)cn1-c1ccc2ncn(C)c(=O)c2c1. The summed E-state index contributed by atoms with van der Waals surface area (Å²) < 4.78 is 7.54. The molecule has 2 heterocycles. The zero-order chi connectivity index (χ0) is 17.4. The van der Waals surface area contributed by atoms with E-state index in [4.69, 9.17) is 15.7 Å². The average Bonchev–Trinajstić information content (AvgIpc) is 2.94. The number of hydrogen-bond donors (Lipinski definition) is 1. The van der Waals surface area contributed by atoms with Gasteiger partial charge in [-0.05, 0) is 18.2 Å². The number of ether oxygens (including phenoxy) is 1. The molecule has 8 nitrogen and oxygen atoms in total. The van der Waals surface area contributed by atoms with Crippen LogP contribution >= 0.6 is 0 Å². The summed E-state index contributed by atoms with van der Waals surface area (Å²) in [5.74, 6) is -0.673. The van der Waals surface area contributed by atoms with Crippen LogP contribution in [0.15, 0.2) is 35.5 Å². The highest BCUT2D eigenvalue weighted by atomic mass is 16.5. The van der Waals surface area contributed by atoms with Crippen LogP contribution in [0.25, 0.3) is 16.6 Å². The quantitative estimate of drug-likeness (QED) is 0.702. The number of methoxy groups -OCH3 is 1. The molecule has 0 aliphatic carbocycles. The van der Waals surface area contributed by atoms with E-state index in [1.807, 2.05) is 6.07 Å². The number of aromatic nitrogens is 3. The van der Waals surface area contributed by atoms with Crippen molar-refractivity contribution in [1.82, 2.24) is 14.1 Å². The molecule has 0 amide bonds. The van der Waals surface area contributed by atoms with E-state index in [9.17, 15) is 9.59 Å². The van der Waals surface area contributed by atoms with Crippen LogP contribution in [0.2, 0.25) is 0 Å². The van der Waals surface area contributed by atoms with Crippen LogP contribution in [0.5, 0.6) is 0 Å². The first-order valence-corrected chi connectivity index (χ1v) is 6.93. The number of carbonyl (C=O) groups is 1. The van der Waals surface area contributed by atoms with Gasteiger partial charge < -0.3 is 19.6 Å². The highest BCUT2D eigenvalue weighted by molar-refractivity contribution is 5.96. The number of nitriles is 1. The smallest absolute Gasteiger partial charge is 0.357 e. The second-order valence-corrected chi connectivity index (χ2v) is 5.14. The van der Waals surface area contributed by atoms with Crippen molar-refractivity contribution in [3.05, 3.63) is 52.3 Å². The van der Waals surface area contributed by atoms with Gasteiger partial charge in [-0.25, -0.2) is 9.78 Å². The molecule has 8 heteroatoms. The summed E-state index contributed by atoms with van der Waals surface area (Å²) >= 11 is 0. The molecule has 3 rings (SSSR count). The summed E-state index contributed by atoms with van der Waals surface area (Å²) in [7, 11) is 2.83. The van der Waals surface area contributed by atoms with Gasteiger partial charge in [-0.15, -0.1) is 0 Å². The van der Waals surface area contributed by atoms with E-state index < -0.39 is 5.97 Å². The summed E-state index contributed by atoms with van der Waals surface area (Å²) in [6.07, 6.45) is 2.87. The Morgan fingerprint density at radius 1 is 1.42 bits per heavy atom. The number of benzene rings is 1. The number of aryl methyl sites for hydroxylation is 1. The van der Waals surface area contributed by atoms with Crippen LogP contribution in [0.4, 0.5) is 5.69 Å². The van der Waals surface area contributed by atoms with Gasteiger partial charge in [0, 0.05) is 18.9 Å². The average molecular weight is 323 g/mol. The lowest BCUT2D eigenvalue weighted by atomic mass is 10.2. The Morgan fingerprint density at radius 3 is 2.83 bits per heavy atom. The van der Waals surface area contributed by atoms with Crippen molar-refractivity contribution < 1.29 is 9.53 Å². The number of rotatable bonds is 2. The number of esters is 1. The Hall–Kier alpha value is -3.60. The van der Waals surface area contributed by atoms with E-state index in [0.717, 1.165) is 0 Å². The van der Waals surface area contributed by atoms with Crippen molar-refractivity contribution in [1.29, 1.82) is 5.26 Å². The molecule has 0 bridgehead atoms. The van der Waals surface area contributed by atoms with E-state index in [0.29, 0.717) is 16.6 Å². The predicted octanol–water partition coefficient (Wildman–Crippen LogP) is 0.965. The molecule has 2 N–H and O–H groups in total. The molecule has 0 spiro atoms. The van der Waals surface area contributed by atoms with Crippen LogP contribution in [0.1, 0.15) is 16.1 Å². The molecule has 0 aliphatic rings. The molecule has 0 saturated heterocycles. The van der Waals surface area contributed by atoms with Gasteiger partial charge in [-0.1, -0.05) is 0 Å². The lowest BCUT2D eigenvalue weighted by molar-refractivity contribution is 0.0593. The van der Waals surface area contributed by atoms with Crippen molar-refractivity contribution in [2.24, 2.45) is 7.05 Å². The van der Waals surface area contributed by atoms with Gasteiger partial charge >= 0.3 is 5.97 Å². The van der Waals surface area contributed by atoms with Gasteiger partial charge in [0.1, 0.15) is 6.07 Å². The number of nitrogens with two attached hydrogens (primary N) is 1. The summed E-state index contributed by atoms with van der Waals surface area (Å²) in [4.78, 5) is 28.5. The van der Waals surface area contributed by atoms with Gasteiger partial charge in [0.05, 0.1) is 35.6 Å². The minimum Gasteiger partial charge on any atom is -0.464 e. The molecule has 0 atom stereocenters. The van der Waals surface area contributed by atoms with E-state index in [2.05, 4.69) is 4.98 Å². The summed E-state index contributed by atoms with van der Waals surface area (Å²) in [6.45, 7) is 0. The molecule has 1 aromatic carbocycles. The zero-order valence-corrected chi connectivity index (χ0v) is 13.0. The van der Waals surface area contributed by atoms with E-state index in [1.54, 1.807) is 25.2 Å². The van der Waals surface area contributed by atoms with E-state index >= 15 is 0 Å². The Balaban J connectivity index is 2.32. The Labute approximate surface area is 136 Å². The number of hydrogen-bond acceptors (Lipinski definition) is 6. The maximum Gasteiger partial charge on any atom is 0.357 e. The van der Waals surface area contributed by atoms with Gasteiger partial charge in [0.2, 0.25) is 0 Å². The molecule has 0 aliphatic heterocycles. The number of fused-ring (bicyclic) bond motifs is 1. The third-order valence-electron chi connectivity index (χ3n) is 3.72. The predicted molar refractivity (Wildman–Crippen MR) is 86.8 cm³/mol. The Morgan fingerprint density at radius 2 is 2.17 bits per heavy atom. The Kier molecular flexibility index (Phi) is 3.54. The molecular weight excluding hydrogens is 310 g/mol. The van der Waals surface area contributed by atoms with Gasteiger partial charge in [0.15, 0.2) is 5.69 Å². The minimum absolute atomic E-state index is 0.0311. The minimum atomic E-state index is -0.673. The lowest BCUT2D eigenvalue weighted by Crippen LogP contribution is -2.17. The zero-order valence-electron chi connectivity index (χ0n) is 13.0. The molecule has 24 heavy (non-hydrogen) atoms. The van der Waals surface area contributed by atoms with Crippen LogP contribution in [0.3, 0.4) is 0 Å². The van der Waals surface area contributed by atoms with Crippen molar-refractivity contribution in [3.63, 3.8) is 0 Å². The third-order valence-corrected chi connectivity index (χ3v) is 3.72. The van der Waals surface area contributed by atoms with Gasteiger partial charge in [0.25, 0.3) is 5.56 Å². The molecule has 2 aromatic heterocycles. The van der Waals surface area contributed by atoms with Crippen LogP contribution in [-0.4, -0.2) is 27.2 Å². The first-order chi connectivity index (χ1) is 11.5. The second-order valence-electron chi connectivity index (χ2n) is 5.14. The van der Waals surface area contributed by atoms with Crippen LogP contribution in [0, 0.1) is 11.3 Å². The molecule has 0 unspecified atom stereocenters. The first-order valence-electron chi connectivity index (χ1n) is 6.93. The van der Waals surface area contributed by atoms with Crippen molar-refractivity contribution in [2.75, 3.05) is 12.8 Å². The fraction of sp³-hybridized carbons (Fsp3) is 0.125. The highest BCUT2D eigenvalue weighted by Gasteiger charge is 2.22. The van der Waals surface area contributed by atoms with E-state index in [-0.39, 0.29) is 22.5 Å². The maximum absolute atomic E-state index is 12.3. The fourth-order valence-electron chi connectivity index (χ4n) is 2.47. The molecule has 0 saturated carbocycles. The normalized spacial score (nSPS) is 10.5. The standard InChI is InChI=1S/C16H13N5O3/c1-20-8-19-12-4-3-10(5-11(12)15(20)22)21-7-9(6-17)13(18)14(21)16(23)24-2/h3-5,7-8H,18H2,1-2H3. The Bertz CT molecular complexity index is 1070. The maximum atomic E-state index is 12.3. The lowest BCUT2D eigenvalue weighted by Gasteiger charge is -2.09. The summed E-state index contributed by atoms with van der Waals surface area (Å²) in [5.41, 5.74) is 6.90. The number of anilines is 1. The third kappa shape index (κ3) is 2.19. The number of carbonyl (C=O) groups excluding carboxylic acids is 1. The second kappa shape index (κ2) is 5.55. The van der Waals surface area contributed by atoms with Crippen LogP contribution < -0.4 is 11.3 Å². The number of nitrogens with zero attached hydrogens (tertiary/aromatic N) is 4. The molecule has 120 valence electrons. The van der Waals surface area contributed by atoms with Crippen molar-refractivity contribution >= 4 is 22.6 Å². The highest BCUT2D eigenvalue weighted by Crippen LogP contribution is 2.25.